The van der Waals surface area contributed by atoms with Gasteiger partial charge < -0.3 is 10.0 Å². The first kappa shape index (κ1) is 14.2. The highest BCUT2D eigenvalue weighted by molar-refractivity contribution is 5.92. The molecule has 0 bridgehead atoms. The lowest BCUT2D eigenvalue weighted by atomic mass is 9.89. The Morgan fingerprint density at radius 1 is 1.14 bits per heavy atom. The van der Waals surface area contributed by atoms with Crippen molar-refractivity contribution in [1.82, 2.24) is 14.9 Å². The lowest BCUT2D eigenvalue weighted by Crippen LogP contribution is -2.30. The summed E-state index contributed by atoms with van der Waals surface area (Å²) in [5.41, 5.74) is 1.17. The Balaban J connectivity index is 1.85. The van der Waals surface area contributed by atoms with Crippen LogP contribution < -0.4 is 0 Å². The van der Waals surface area contributed by atoms with Crippen molar-refractivity contribution in [3.05, 3.63) is 60.2 Å². The Kier molecular flexibility index (Phi) is 3.82. The molecule has 1 aromatic carbocycles. The van der Waals surface area contributed by atoms with Crippen molar-refractivity contribution in [2.24, 2.45) is 5.92 Å². The van der Waals surface area contributed by atoms with Gasteiger partial charge in [-0.2, -0.15) is 0 Å². The minimum Gasteiger partial charge on any atom is -0.481 e. The second-order valence-corrected chi connectivity index (χ2v) is 5.26. The van der Waals surface area contributed by atoms with Gasteiger partial charge in [-0.05, 0) is 5.56 Å². The van der Waals surface area contributed by atoms with Gasteiger partial charge in [0.25, 0.3) is 5.91 Å². The molecule has 2 atom stereocenters. The molecule has 0 spiro atoms. The summed E-state index contributed by atoms with van der Waals surface area (Å²) in [7, 11) is 0. The highest BCUT2D eigenvalue weighted by Gasteiger charge is 2.40. The fourth-order valence-corrected chi connectivity index (χ4v) is 2.83. The summed E-state index contributed by atoms with van der Waals surface area (Å²) >= 11 is 0. The van der Waals surface area contributed by atoms with Crippen LogP contribution in [0.2, 0.25) is 0 Å². The van der Waals surface area contributed by atoms with E-state index in [1.54, 1.807) is 4.90 Å². The van der Waals surface area contributed by atoms with Crippen LogP contribution in [0, 0.1) is 5.92 Å². The number of hydrogen-bond donors (Lipinski definition) is 1. The molecule has 1 fully saturated rings. The quantitative estimate of drug-likeness (QED) is 0.926. The standard InChI is InChI=1S/C16H15N3O3/c20-15(14-8-17-6-7-18-14)19-9-12(13(10-19)16(21)22)11-4-2-1-3-5-11/h1-8,12-13H,9-10H2,(H,21,22)/t12-,13+/m0/s1. The van der Waals surface area contributed by atoms with Crippen LogP contribution in [0.3, 0.4) is 0 Å². The number of rotatable bonds is 3. The van der Waals surface area contributed by atoms with E-state index < -0.39 is 11.9 Å². The predicted octanol–water partition coefficient (Wildman–Crippen LogP) is 1.42. The lowest BCUT2D eigenvalue weighted by molar-refractivity contribution is -0.141. The van der Waals surface area contributed by atoms with Gasteiger partial charge in [0.15, 0.2) is 0 Å². The number of benzene rings is 1. The number of hydrogen-bond acceptors (Lipinski definition) is 4. The van der Waals surface area contributed by atoms with Crippen molar-refractivity contribution in [1.29, 1.82) is 0 Å². The highest BCUT2D eigenvalue weighted by atomic mass is 16.4. The molecule has 1 N–H and O–H groups in total. The van der Waals surface area contributed by atoms with Crippen LogP contribution >= 0.6 is 0 Å². The number of likely N-dealkylation sites (tertiary alicyclic amines) is 1. The predicted molar refractivity (Wildman–Crippen MR) is 78.2 cm³/mol. The van der Waals surface area contributed by atoms with Crippen LogP contribution in [0.15, 0.2) is 48.9 Å². The first-order valence-electron chi connectivity index (χ1n) is 7.00. The lowest BCUT2D eigenvalue weighted by Gasteiger charge is -2.15. The second kappa shape index (κ2) is 5.93. The molecule has 1 saturated heterocycles. The zero-order valence-corrected chi connectivity index (χ0v) is 11.8. The van der Waals surface area contributed by atoms with Crippen LogP contribution in [0.5, 0.6) is 0 Å². The van der Waals surface area contributed by atoms with Gasteiger partial charge in [0.2, 0.25) is 0 Å². The van der Waals surface area contributed by atoms with Crippen molar-refractivity contribution in [3.8, 4) is 0 Å². The van der Waals surface area contributed by atoms with E-state index in [1.807, 2.05) is 30.3 Å². The van der Waals surface area contributed by atoms with Gasteiger partial charge in [-0.1, -0.05) is 30.3 Å². The summed E-state index contributed by atoms with van der Waals surface area (Å²) in [6.07, 6.45) is 4.34. The van der Waals surface area contributed by atoms with E-state index in [-0.39, 0.29) is 24.1 Å². The number of aromatic nitrogens is 2. The summed E-state index contributed by atoms with van der Waals surface area (Å²) in [6.45, 7) is 0.556. The summed E-state index contributed by atoms with van der Waals surface area (Å²) in [5.74, 6) is -1.98. The van der Waals surface area contributed by atoms with Crippen LogP contribution in [-0.2, 0) is 4.79 Å². The molecule has 2 aromatic rings. The fourth-order valence-electron chi connectivity index (χ4n) is 2.83. The number of carboxylic acids is 1. The van der Waals surface area contributed by atoms with Gasteiger partial charge in [0.1, 0.15) is 5.69 Å². The minimum atomic E-state index is -0.886. The van der Waals surface area contributed by atoms with E-state index in [2.05, 4.69) is 9.97 Å². The van der Waals surface area contributed by atoms with Crippen LogP contribution in [0.25, 0.3) is 0 Å². The van der Waals surface area contributed by atoms with Crippen molar-refractivity contribution < 1.29 is 14.7 Å². The molecule has 6 heteroatoms. The SMILES string of the molecule is O=C(O)[C@@H]1CN(C(=O)c2cnccn2)C[C@H]1c1ccccc1. The fraction of sp³-hybridized carbons (Fsp3) is 0.250. The molecule has 1 amide bonds. The molecule has 0 radical (unpaired) electrons. The van der Waals surface area contributed by atoms with Gasteiger partial charge in [-0.25, -0.2) is 4.98 Å². The third-order valence-electron chi connectivity index (χ3n) is 3.93. The minimum absolute atomic E-state index is 0.185. The Bertz CT molecular complexity index is 676. The van der Waals surface area contributed by atoms with Gasteiger partial charge in [-0.15, -0.1) is 0 Å². The molecule has 1 aliphatic heterocycles. The molecular formula is C16H15N3O3. The average molecular weight is 297 g/mol. The maximum absolute atomic E-state index is 12.4. The zero-order valence-electron chi connectivity index (χ0n) is 11.8. The summed E-state index contributed by atoms with van der Waals surface area (Å²) in [4.78, 5) is 33.4. The van der Waals surface area contributed by atoms with Crippen LogP contribution in [0.4, 0.5) is 0 Å². The maximum atomic E-state index is 12.4. The zero-order chi connectivity index (χ0) is 15.5. The van der Waals surface area contributed by atoms with E-state index in [4.69, 9.17) is 0 Å². The number of carbonyl (C=O) groups is 2. The largest absolute Gasteiger partial charge is 0.481 e. The molecule has 1 aliphatic rings. The van der Waals surface area contributed by atoms with Crippen molar-refractivity contribution in [2.45, 2.75) is 5.92 Å². The Morgan fingerprint density at radius 3 is 2.55 bits per heavy atom. The first-order chi connectivity index (χ1) is 10.7. The van der Waals surface area contributed by atoms with E-state index in [9.17, 15) is 14.7 Å². The van der Waals surface area contributed by atoms with Gasteiger partial charge in [0.05, 0.1) is 12.1 Å². The third kappa shape index (κ3) is 2.67. The number of amides is 1. The summed E-state index contributed by atoms with van der Waals surface area (Å²) < 4.78 is 0. The van der Waals surface area contributed by atoms with Gasteiger partial charge in [0, 0.05) is 31.4 Å². The molecule has 1 aromatic heterocycles. The van der Waals surface area contributed by atoms with E-state index in [0.717, 1.165) is 5.56 Å². The molecular weight excluding hydrogens is 282 g/mol. The number of carboxylic acid groups (broad SMARTS) is 1. The van der Waals surface area contributed by atoms with E-state index in [0.29, 0.717) is 6.54 Å². The smallest absolute Gasteiger partial charge is 0.308 e. The molecule has 6 nitrogen and oxygen atoms in total. The van der Waals surface area contributed by atoms with E-state index >= 15 is 0 Å². The molecule has 0 aliphatic carbocycles. The highest BCUT2D eigenvalue weighted by Crippen LogP contribution is 2.33. The molecule has 0 unspecified atom stereocenters. The summed E-state index contributed by atoms with van der Waals surface area (Å²) in [6, 6.07) is 9.44. The molecule has 2 heterocycles. The maximum Gasteiger partial charge on any atom is 0.308 e. The second-order valence-electron chi connectivity index (χ2n) is 5.26. The van der Waals surface area contributed by atoms with Crippen molar-refractivity contribution in [3.63, 3.8) is 0 Å². The van der Waals surface area contributed by atoms with Gasteiger partial charge >= 0.3 is 5.97 Å². The van der Waals surface area contributed by atoms with E-state index in [1.165, 1.54) is 18.6 Å². The molecule has 22 heavy (non-hydrogen) atoms. The molecule has 3 rings (SSSR count). The number of carbonyl (C=O) groups excluding carboxylic acids is 1. The normalized spacial score (nSPS) is 20.8. The third-order valence-corrected chi connectivity index (χ3v) is 3.93. The van der Waals surface area contributed by atoms with Crippen LogP contribution in [0.1, 0.15) is 22.0 Å². The Labute approximate surface area is 127 Å². The molecule has 0 saturated carbocycles. The Hall–Kier alpha value is -2.76. The summed E-state index contributed by atoms with van der Waals surface area (Å²) in [5, 5.41) is 9.45. The first-order valence-corrected chi connectivity index (χ1v) is 7.00. The van der Waals surface area contributed by atoms with Crippen molar-refractivity contribution >= 4 is 11.9 Å². The van der Waals surface area contributed by atoms with Crippen LogP contribution in [-0.4, -0.2) is 44.9 Å². The molecule has 112 valence electrons. The average Bonchev–Trinajstić information content (AvgIpc) is 3.01. The Morgan fingerprint density at radius 2 is 1.91 bits per heavy atom. The topological polar surface area (TPSA) is 83.4 Å². The monoisotopic (exact) mass is 297 g/mol. The van der Waals surface area contributed by atoms with Crippen molar-refractivity contribution in [2.75, 3.05) is 13.1 Å². The van der Waals surface area contributed by atoms with Gasteiger partial charge in [-0.3, -0.25) is 14.6 Å². The number of nitrogens with zero attached hydrogens (tertiary/aromatic N) is 3. The number of aliphatic carboxylic acids is 1.